The van der Waals surface area contributed by atoms with Gasteiger partial charge in [-0.25, -0.2) is 4.79 Å². The highest BCUT2D eigenvalue weighted by atomic mass is 16.5. The van der Waals surface area contributed by atoms with Gasteiger partial charge in [0.15, 0.2) is 0 Å². The number of benzene rings is 1. The lowest BCUT2D eigenvalue weighted by molar-refractivity contribution is -0.131. The number of hydrogen-bond donors (Lipinski definition) is 1. The van der Waals surface area contributed by atoms with Crippen molar-refractivity contribution in [3.63, 3.8) is 0 Å². The molecule has 0 radical (unpaired) electrons. The summed E-state index contributed by atoms with van der Waals surface area (Å²) < 4.78 is 5.59. The number of hydrogen-bond acceptors (Lipinski definition) is 4. The van der Waals surface area contributed by atoms with E-state index in [1.54, 1.807) is 6.92 Å². The zero-order valence-corrected chi connectivity index (χ0v) is 15.6. The molecule has 1 atom stereocenters. The normalized spacial score (nSPS) is 23.4. The van der Waals surface area contributed by atoms with Gasteiger partial charge in [0.05, 0.1) is 0 Å². The second-order valence-electron chi connectivity index (χ2n) is 7.33. The monoisotopic (exact) mass is 357 g/mol. The van der Waals surface area contributed by atoms with Crippen molar-refractivity contribution < 1.29 is 14.3 Å². The first-order chi connectivity index (χ1) is 12.4. The van der Waals surface area contributed by atoms with Crippen LogP contribution in [0.15, 0.2) is 36.4 Å². The molecule has 0 bridgehead atoms. The Hall–Kier alpha value is -2.34. The molecule has 3 amide bonds. The van der Waals surface area contributed by atoms with Gasteiger partial charge in [-0.15, -0.1) is 0 Å². The summed E-state index contributed by atoms with van der Waals surface area (Å²) in [4.78, 5) is 28.9. The maximum Gasteiger partial charge on any atom is 0.325 e. The Bertz CT molecular complexity index is 695. The van der Waals surface area contributed by atoms with Crippen LogP contribution in [0, 0.1) is 0 Å². The lowest BCUT2D eigenvalue weighted by Crippen LogP contribution is -2.42. The summed E-state index contributed by atoms with van der Waals surface area (Å²) >= 11 is 0. The van der Waals surface area contributed by atoms with Gasteiger partial charge in [0.25, 0.3) is 5.91 Å². The topological polar surface area (TPSA) is 61.9 Å². The minimum Gasteiger partial charge on any atom is -0.489 e. The van der Waals surface area contributed by atoms with E-state index >= 15 is 0 Å². The fourth-order valence-corrected chi connectivity index (χ4v) is 3.43. The maximum atomic E-state index is 12.9. The largest absolute Gasteiger partial charge is 0.489 e. The third kappa shape index (κ3) is 3.75. The quantitative estimate of drug-likeness (QED) is 0.602. The van der Waals surface area contributed by atoms with E-state index in [1.807, 2.05) is 31.2 Å². The first-order valence-electron chi connectivity index (χ1n) is 9.14. The molecule has 6 heteroatoms. The van der Waals surface area contributed by atoms with Crippen LogP contribution < -0.4 is 10.1 Å². The van der Waals surface area contributed by atoms with E-state index in [1.165, 1.54) is 17.7 Å². The Morgan fingerprint density at radius 3 is 2.46 bits per heavy atom. The fraction of sp³-hybridized carbons (Fsp3) is 0.500. The van der Waals surface area contributed by atoms with Crippen LogP contribution in [0.25, 0.3) is 0 Å². The maximum absolute atomic E-state index is 12.9. The van der Waals surface area contributed by atoms with Crippen LogP contribution in [-0.4, -0.2) is 54.5 Å². The molecule has 2 aliphatic rings. The Balaban J connectivity index is 1.67. The van der Waals surface area contributed by atoms with Crippen LogP contribution in [0.1, 0.15) is 32.3 Å². The number of rotatable bonds is 7. The van der Waals surface area contributed by atoms with E-state index in [9.17, 15) is 9.59 Å². The van der Waals surface area contributed by atoms with E-state index in [0.29, 0.717) is 18.9 Å². The molecular weight excluding hydrogens is 330 g/mol. The number of urea groups is 1. The first kappa shape index (κ1) is 18.5. The Kier molecular flexibility index (Phi) is 5.32. The summed E-state index contributed by atoms with van der Waals surface area (Å²) in [6.45, 7) is 11.2. The third-order valence-corrected chi connectivity index (χ3v) is 5.03. The molecule has 2 saturated heterocycles. The number of nitrogens with one attached hydrogen (secondary N) is 1. The zero-order valence-electron chi connectivity index (χ0n) is 15.6. The average Bonchev–Trinajstić information content (AvgIpc) is 3.20. The Morgan fingerprint density at radius 2 is 1.85 bits per heavy atom. The molecule has 6 nitrogen and oxygen atoms in total. The number of amides is 3. The summed E-state index contributed by atoms with van der Waals surface area (Å²) in [5.74, 6) is 0.514. The molecule has 0 spiro atoms. The van der Waals surface area contributed by atoms with E-state index < -0.39 is 5.54 Å². The predicted molar refractivity (Wildman–Crippen MR) is 100 cm³/mol. The highest BCUT2D eigenvalue weighted by Crippen LogP contribution is 2.30. The van der Waals surface area contributed by atoms with Crippen LogP contribution in [0.3, 0.4) is 0 Å². The third-order valence-electron chi connectivity index (χ3n) is 5.03. The van der Waals surface area contributed by atoms with Crippen molar-refractivity contribution in [1.82, 2.24) is 15.1 Å². The van der Waals surface area contributed by atoms with Gasteiger partial charge in [0.2, 0.25) is 0 Å². The minimum atomic E-state index is -1.03. The summed E-state index contributed by atoms with van der Waals surface area (Å²) in [5.41, 5.74) is 0.657. The van der Waals surface area contributed by atoms with Crippen molar-refractivity contribution in [3.05, 3.63) is 42.0 Å². The molecule has 2 fully saturated rings. The van der Waals surface area contributed by atoms with Crippen molar-refractivity contribution in [2.24, 2.45) is 0 Å². The second-order valence-corrected chi connectivity index (χ2v) is 7.33. The van der Waals surface area contributed by atoms with E-state index in [4.69, 9.17) is 4.74 Å². The van der Waals surface area contributed by atoms with Crippen molar-refractivity contribution in [3.8, 4) is 5.75 Å². The lowest BCUT2D eigenvalue weighted by Gasteiger charge is -2.23. The standard InChI is InChI=1S/C20H27N3O3/c1-15(2)14-26-17-8-6-16(7-9-17)20(3)18(24)23(19(25)21-20)13-12-22-10-4-5-11-22/h6-9H,1,4-5,10-14H2,2-3H3,(H,21,25). The van der Waals surface area contributed by atoms with E-state index in [2.05, 4.69) is 16.8 Å². The van der Waals surface area contributed by atoms with Crippen molar-refractivity contribution in [2.45, 2.75) is 32.2 Å². The fourth-order valence-electron chi connectivity index (χ4n) is 3.43. The molecule has 0 aliphatic carbocycles. The number of imide groups is 1. The predicted octanol–water partition coefficient (Wildman–Crippen LogP) is 2.50. The summed E-state index contributed by atoms with van der Waals surface area (Å²) in [5, 5.41) is 2.86. The molecular formula is C20H27N3O3. The molecule has 140 valence electrons. The van der Waals surface area contributed by atoms with Gasteiger partial charge in [0, 0.05) is 13.1 Å². The molecule has 2 aliphatic heterocycles. The molecule has 3 rings (SSSR count). The number of nitrogens with zero attached hydrogens (tertiary/aromatic N) is 2. The first-order valence-corrected chi connectivity index (χ1v) is 9.14. The van der Waals surface area contributed by atoms with Gasteiger partial charge in [-0.3, -0.25) is 9.69 Å². The molecule has 1 aromatic carbocycles. The SMILES string of the molecule is C=C(C)COc1ccc(C2(C)NC(=O)N(CCN3CCCC3)C2=O)cc1. The second kappa shape index (κ2) is 7.50. The van der Waals surface area contributed by atoms with Crippen molar-refractivity contribution >= 4 is 11.9 Å². The minimum absolute atomic E-state index is 0.197. The molecule has 1 N–H and O–H groups in total. The molecule has 2 heterocycles. The van der Waals surface area contributed by atoms with Gasteiger partial charge >= 0.3 is 6.03 Å². The van der Waals surface area contributed by atoms with Crippen LogP contribution in [-0.2, 0) is 10.3 Å². The molecule has 1 unspecified atom stereocenters. The van der Waals surface area contributed by atoms with Crippen LogP contribution in [0.2, 0.25) is 0 Å². The van der Waals surface area contributed by atoms with Gasteiger partial charge in [-0.2, -0.15) is 0 Å². The van der Waals surface area contributed by atoms with Crippen LogP contribution in [0.4, 0.5) is 4.79 Å². The Morgan fingerprint density at radius 1 is 1.19 bits per heavy atom. The highest BCUT2D eigenvalue weighted by molar-refractivity contribution is 6.07. The summed E-state index contributed by atoms with van der Waals surface area (Å²) in [6.07, 6.45) is 2.38. The molecule has 1 aromatic rings. The van der Waals surface area contributed by atoms with Crippen LogP contribution >= 0.6 is 0 Å². The molecule has 0 saturated carbocycles. The summed E-state index contributed by atoms with van der Waals surface area (Å²) in [7, 11) is 0. The number of carbonyl (C=O) groups is 2. The number of ether oxygens (including phenoxy) is 1. The van der Waals surface area contributed by atoms with E-state index in [0.717, 1.165) is 30.8 Å². The van der Waals surface area contributed by atoms with Gasteiger partial charge in [0.1, 0.15) is 17.9 Å². The van der Waals surface area contributed by atoms with E-state index in [-0.39, 0.29) is 11.9 Å². The molecule has 26 heavy (non-hydrogen) atoms. The average molecular weight is 357 g/mol. The van der Waals surface area contributed by atoms with Crippen molar-refractivity contribution in [1.29, 1.82) is 0 Å². The summed E-state index contributed by atoms with van der Waals surface area (Å²) in [6, 6.07) is 6.97. The zero-order chi connectivity index (χ0) is 18.7. The molecule has 0 aromatic heterocycles. The number of carbonyl (C=O) groups excluding carboxylic acids is 2. The highest BCUT2D eigenvalue weighted by Gasteiger charge is 2.48. The lowest BCUT2D eigenvalue weighted by atomic mass is 9.92. The van der Waals surface area contributed by atoms with Gasteiger partial charge in [-0.1, -0.05) is 18.7 Å². The van der Waals surface area contributed by atoms with Crippen LogP contribution in [0.5, 0.6) is 5.75 Å². The number of likely N-dealkylation sites (tertiary alicyclic amines) is 1. The van der Waals surface area contributed by atoms with Gasteiger partial charge < -0.3 is 15.0 Å². The van der Waals surface area contributed by atoms with Gasteiger partial charge in [-0.05, 0) is 63.0 Å². The van der Waals surface area contributed by atoms with Crippen molar-refractivity contribution in [2.75, 3.05) is 32.8 Å². The smallest absolute Gasteiger partial charge is 0.325 e. The Labute approximate surface area is 154 Å².